The maximum atomic E-state index is 5.81. The molecular formula is C9H17ClS. The molecule has 0 spiro atoms. The van der Waals surface area contributed by atoms with Crippen LogP contribution < -0.4 is 0 Å². The zero-order chi connectivity index (χ0) is 8.74. The van der Waals surface area contributed by atoms with E-state index in [1.165, 1.54) is 12.2 Å². The highest BCUT2D eigenvalue weighted by Gasteiger charge is 2.17. The average Bonchev–Trinajstić information content (AvgIpc) is 2.05. The molecule has 2 heteroatoms. The topological polar surface area (TPSA) is 0 Å². The van der Waals surface area contributed by atoms with Gasteiger partial charge >= 0.3 is 0 Å². The predicted molar refractivity (Wildman–Crippen MR) is 56.6 cm³/mol. The summed E-state index contributed by atoms with van der Waals surface area (Å²) < 4.78 is 0. The maximum Gasteiger partial charge on any atom is 0.0311 e. The molecule has 0 N–H and O–H groups in total. The third kappa shape index (κ3) is 4.76. The summed E-state index contributed by atoms with van der Waals surface area (Å²) in [4.78, 5) is 0. The molecule has 0 bridgehead atoms. The first-order valence-corrected chi connectivity index (χ1v) is 5.80. The third-order valence-corrected chi connectivity index (χ3v) is 3.20. The van der Waals surface area contributed by atoms with Crippen LogP contribution in [-0.2, 0) is 0 Å². The van der Waals surface area contributed by atoms with E-state index >= 15 is 0 Å². The normalized spacial score (nSPS) is 15.9. The Kier molecular flexibility index (Phi) is 6.16. The number of halogens is 1. The van der Waals surface area contributed by atoms with Gasteiger partial charge in [0.1, 0.15) is 0 Å². The van der Waals surface area contributed by atoms with Crippen LogP contribution in [0.5, 0.6) is 0 Å². The van der Waals surface area contributed by atoms with Crippen molar-refractivity contribution in [3.8, 4) is 0 Å². The first kappa shape index (κ1) is 11.4. The van der Waals surface area contributed by atoms with Gasteiger partial charge in [0.2, 0.25) is 0 Å². The number of hydrogen-bond donors (Lipinski definition) is 0. The Morgan fingerprint density at radius 1 is 1.64 bits per heavy atom. The Morgan fingerprint density at radius 2 is 2.27 bits per heavy atom. The molecule has 0 aliphatic heterocycles. The molecule has 1 atom stereocenters. The molecule has 0 aromatic rings. The maximum absolute atomic E-state index is 5.81. The Balaban J connectivity index is 3.60. The monoisotopic (exact) mass is 192 g/mol. The van der Waals surface area contributed by atoms with Gasteiger partial charge in [-0.15, -0.1) is 18.2 Å². The quantitative estimate of drug-likeness (QED) is 0.352. The summed E-state index contributed by atoms with van der Waals surface area (Å²) in [5, 5.41) is 0. The highest BCUT2D eigenvalue weighted by molar-refractivity contribution is 7.98. The molecule has 0 amide bonds. The van der Waals surface area contributed by atoms with E-state index in [4.69, 9.17) is 11.6 Å². The van der Waals surface area contributed by atoms with Gasteiger partial charge in [-0.2, -0.15) is 11.8 Å². The summed E-state index contributed by atoms with van der Waals surface area (Å²) in [5.41, 5.74) is 0.150. The second-order valence-electron chi connectivity index (χ2n) is 3.09. The van der Waals surface area contributed by atoms with Crippen LogP contribution in [0, 0.1) is 5.41 Å². The van der Waals surface area contributed by atoms with Gasteiger partial charge in [0, 0.05) is 5.88 Å². The van der Waals surface area contributed by atoms with Gasteiger partial charge in [-0.05, 0) is 30.3 Å². The van der Waals surface area contributed by atoms with Crippen molar-refractivity contribution in [3.05, 3.63) is 12.7 Å². The van der Waals surface area contributed by atoms with Crippen LogP contribution in [0.2, 0.25) is 0 Å². The lowest BCUT2D eigenvalue weighted by molar-refractivity contribution is 0.441. The molecule has 0 aromatic heterocycles. The van der Waals surface area contributed by atoms with Crippen molar-refractivity contribution >= 4 is 23.4 Å². The van der Waals surface area contributed by atoms with E-state index in [9.17, 15) is 0 Å². The SMILES string of the molecule is C=CC(C)(CCl)CCCSC. The lowest BCUT2D eigenvalue weighted by atomic mass is 9.88. The molecule has 0 radical (unpaired) electrons. The van der Waals surface area contributed by atoms with Gasteiger partial charge in [0.25, 0.3) is 0 Å². The standard InChI is InChI=1S/C9H17ClS/c1-4-9(2,8-10)6-5-7-11-3/h4H,1,5-8H2,2-3H3. The van der Waals surface area contributed by atoms with E-state index in [0.29, 0.717) is 5.88 Å². The van der Waals surface area contributed by atoms with E-state index in [1.54, 1.807) is 0 Å². The molecule has 0 aromatic carbocycles. The van der Waals surface area contributed by atoms with Crippen molar-refractivity contribution in [1.82, 2.24) is 0 Å². The first-order chi connectivity index (χ1) is 5.18. The second kappa shape index (κ2) is 5.96. The molecule has 0 fully saturated rings. The van der Waals surface area contributed by atoms with E-state index < -0.39 is 0 Å². The minimum Gasteiger partial charge on any atom is -0.165 e. The minimum absolute atomic E-state index is 0.150. The summed E-state index contributed by atoms with van der Waals surface area (Å²) >= 11 is 7.70. The molecule has 0 nitrogen and oxygen atoms in total. The van der Waals surface area contributed by atoms with Crippen molar-refractivity contribution in [2.24, 2.45) is 5.41 Å². The zero-order valence-electron chi connectivity index (χ0n) is 7.40. The van der Waals surface area contributed by atoms with Gasteiger partial charge in [0.15, 0.2) is 0 Å². The van der Waals surface area contributed by atoms with Gasteiger partial charge in [-0.25, -0.2) is 0 Å². The van der Waals surface area contributed by atoms with E-state index in [-0.39, 0.29) is 5.41 Å². The number of thioether (sulfide) groups is 1. The van der Waals surface area contributed by atoms with E-state index in [2.05, 4.69) is 19.8 Å². The minimum atomic E-state index is 0.150. The number of allylic oxidation sites excluding steroid dienone is 1. The molecule has 0 rings (SSSR count). The van der Waals surface area contributed by atoms with Crippen LogP contribution in [0.25, 0.3) is 0 Å². The molecule has 1 unspecified atom stereocenters. The summed E-state index contributed by atoms with van der Waals surface area (Å²) in [5.74, 6) is 1.91. The fraction of sp³-hybridized carbons (Fsp3) is 0.778. The van der Waals surface area contributed by atoms with Crippen LogP contribution in [0.1, 0.15) is 19.8 Å². The summed E-state index contributed by atoms with van der Waals surface area (Å²) in [7, 11) is 0. The van der Waals surface area contributed by atoms with Crippen LogP contribution >= 0.6 is 23.4 Å². The van der Waals surface area contributed by atoms with Crippen molar-refractivity contribution in [1.29, 1.82) is 0 Å². The number of hydrogen-bond acceptors (Lipinski definition) is 1. The van der Waals surface area contributed by atoms with Crippen LogP contribution in [0.4, 0.5) is 0 Å². The Labute approximate surface area is 79.4 Å². The summed E-state index contributed by atoms with van der Waals surface area (Å²) in [6.07, 6.45) is 6.49. The smallest absolute Gasteiger partial charge is 0.0311 e. The molecule has 66 valence electrons. The molecule has 0 saturated carbocycles. The Morgan fingerprint density at radius 3 is 2.64 bits per heavy atom. The Bertz CT molecular complexity index is 114. The van der Waals surface area contributed by atoms with Crippen LogP contribution in [0.3, 0.4) is 0 Å². The molecule has 0 aliphatic rings. The largest absolute Gasteiger partial charge is 0.165 e. The van der Waals surface area contributed by atoms with Crippen LogP contribution in [-0.4, -0.2) is 17.9 Å². The second-order valence-corrected chi connectivity index (χ2v) is 4.34. The van der Waals surface area contributed by atoms with Gasteiger partial charge in [-0.3, -0.25) is 0 Å². The lowest BCUT2D eigenvalue weighted by Crippen LogP contribution is -2.14. The molecule has 0 heterocycles. The molecule has 11 heavy (non-hydrogen) atoms. The van der Waals surface area contributed by atoms with Gasteiger partial charge in [-0.1, -0.05) is 13.0 Å². The van der Waals surface area contributed by atoms with Crippen molar-refractivity contribution in [2.75, 3.05) is 17.9 Å². The average molecular weight is 193 g/mol. The zero-order valence-corrected chi connectivity index (χ0v) is 8.97. The van der Waals surface area contributed by atoms with E-state index in [1.807, 2.05) is 17.8 Å². The Hall–Kier alpha value is 0.380. The number of alkyl halides is 1. The summed E-state index contributed by atoms with van der Waals surface area (Å²) in [6, 6.07) is 0. The van der Waals surface area contributed by atoms with Crippen molar-refractivity contribution < 1.29 is 0 Å². The third-order valence-electron chi connectivity index (χ3n) is 1.89. The highest BCUT2D eigenvalue weighted by atomic mass is 35.5. The fourth-order valence-corrected chi connectivity index (χ4v) is 1.52. The predicted octanol–water partition coefficient (Wildman–Crippen LogP) is 3.56. The van der Waals surface area contributed by atoms with Crippen molar-refractivity contribution in [2.45, 2.75) is 19.8 Å². The number of rotatable bonds is 6. The van der Waals surface area contributed by atoms with Gasteiger partial charge < -0.3 is 0 Å². The first-order valence-electron chi connectivity index (χ1n) is 3.87. The van der Waals surface area contributed by atoms with E-state index in [0.717, 1.165) is 6.42 Å². The van der Waals surface area contributed by atoms with Gasteiger partial charge in [0.05, 0.1) is 0 Å². The molecular weight excluding hydrogens is 176 g/mol. The fourth-order valence-electron chi connectivity index (χ4n) is 0.844. The molecule has 0 saturated heterocycles. The summed E-state index contributed by atoms with van der Waals surface area (Å²) in [6.45, 7) is 5.95. The lowest BCUT2D eigenvalue weighted by Gasteiger charge is -2.21. The van der Waals surface area contributed by atoms with Crippen molar-refractivity contribution in [3.63, 3.8) is 0 Å². The van der Waals surface area contributed by atoms with Crippen LogP contribution in [0.15, 0.2) is 12.7 Å². The molecule has 0 aliphatic carbocycles. The highest BCUT2D eigenvalue weighted by Crippen LogP contribution is 2.26.